The molecule has 0 aromatic heterocycles. The molecule has 1 fully saturated rings. The van der Waals surface area contributed by atoms with E-state index < -0.39 is 12.7 Å². The molecule has 0 aliphatic carbocycles. The summed E-state index contributed by atoms with van der Waals surface area (Å²) in [5.41, 5.74) is 7.27. The second-order valence-corrected chi connectivity index (χ2v) is 5.43. The lowest BCUT2D eigenvalue weighted by Crippen LogP contribution is -2.48. The van der Waals surface area contributed by atoms with Gasteiger partial charge >= 0.3 is 6.18 Å². The van der Waals surface area contributed by atoms with Gasteiger partial charge in [-0.2, -0.15) is 13.2 Å². The van der Waals surface area contributed by atoms with Crippen molar-refractivity contribution in [2.45, 2.75) is 12.7 Å². The van der Waals surface area contributed by atoms with Crippen LogP contribution in [0.1, 0.15) is 5.56 Å². The molecule has 0 amide bonds. The second-order valence-electron chi connectivity index (χ2n) is 5.02. The van der Waals surface area contributed by atoms with E-state index in [9.17, 15) is 13.2 Å². The van der Waals surface area contributed by atoms with E-state index in [0.717, 1.165) is 5.56 Å². The lowest BCUT2D eigenvalue weighted by molar-refractivity contribution is -0.149. The van der Waals surface area contributed by atoms with Crippen LogP contribution in [0.2, 0.25) is 5.02 Å². The predicted molar refractivity (Wildman–Crippen MR) is 73.6 cm³/mol. The largest absolute Gasteiger partial charge is 0.401 e. The topological polar surface area (TPSA) is 32.5 Å². The monoisotopic (exact) mass is 307 g/mol. The zero-order chi connectivity index (χ0) is 14.8. The molecule has 0 radical (unpaired) electrons. The number of piperazine rings is 1. The Bertz CT molecular complexity index is 457. The number of benzene rings is 1. The summed E-state index contributed by atoms with van der Waals surface area (Å²) in [6, 6.07) is 5.28. The molecular formula is C13H17ClF3N3. The molecule has 1 aliphatic rings. The van der Waals surface area contributed by atoms with E-state index in [1.165, 1.54) is 4.90 Å². The van der Waals surface area contributed by atoms with Crippen LogP contribution in [0.25, 0.3) is 0 Å². The van der Waals surface area contributed by atoms with Crippen LogP contribution in [0.4, 0.5) is 18.9 Å². The van der Waals surface area contributed by atoms with Gasteiger partial charge in [-0.15, -0.1) is 0 Å². The molecular weight excluding hydrogens is 291 g/mol. The second kappa shape index (κ2) is 6.20. The minimum atomic E-state index is -4.13. The van der Waals surface area contributed by atoms with Crippen molar-refractivity contribution in [1.82, 2.24) is 9.80 Å². The summed E-state index contributed by atoms with van der Waals surface area (Å²) in [5, 5.41) is 0.636. The molecule has 20 heavy (non-hydrogen) atoms. The van der Waals surface area contributed by atoms with Gasteiger partial charge in [0.15, 0.2) is 0 Å². The molecule has 112 valence electrons. The number of rotatable bonds is 3. The molecule has 7 heteroatoms. The highest BCUT2D eigenvalue weighted by Crippen LogP contribution is 2.22. The first kappa shape index (κ1) is 15.4. The molecule has 1 saturated heterocycles. The van der Waals surface area contributed by atoms with Crippen LogP contribution in [0.5, 0.6) is 0 Å². The Morgan fingerprint density at radius 3 is 2.30 bits per heavy atom. The van der Waals surface area contributed by atoms with Crippen LogP contribution in [0.3, 0.4) is 0 Å². The van der Waals surface area contributed by atoms with Gasteiger partial charge in [0.05, 0.1) is 6.54 Å². The summed E-state index contributed by atoms with van der Waals surface area (Å²) >= 11 is 6.09. The number of halogens is 4. The summed E-state index contributed by atoms with van der Waals surface area (Å²) in [6.45, 7) is 1.81. The summed E-state index contributed by atoms with van der Waals surface area (Å²) in [7, 11) is 0. The van der Waals surface area contributed by atoms with Crippen LogP contribution >= 0.6 is 11.6 Å². The van der Waals surface area contributed by atoms with E-state index >= 15 is 0 Å². The Morgan fingerprint density at radius 1 is 1.10 bits per heavy atom. The Kier molecular flexibility index (Phi) is 4.78. The Labute approximate surface area is 121 Å². The van der Waals surface area contributed by atoms with Crippen molar-refractivity contribution in [3.05, 3.63) is 28.8 Å². The third-order valence-electron chi connectivity index (χ3n) is 3.33. The Morgan fingerprint density at radius 2 is 1.70 bits per heavy atom. The zero-order valence-electron chi connectivity index (χ0n) is 11.0. The maximum atomic E-state index is 12.3. The van der Waals surface area contributed by atoms with Crippen LogP contribution in [-0.2, 0) is 6.54 Å². The maximum absolute atomic E-state index is 12.3. The molecule has 0 spiro atoms. The Hall–Kier alpha value is -0.980. The molecule has 0 bridgehead atoms. The van der Waals surface area contributed by atoms with Crippen molar-refractivity contribution in [2.24, 2.45) is 0 Å². The van der Waals surface area contributed by atoms with Crippen molar-refractivity contribution in [2.75, 3.05) is 38.5 Å². The van der Waals surface area contributed by atoms with Crippen LogP contribution < -0.4 is 5.73 Å². The molecule has 1 aromatic carbocycles. The number of nitrogen functional groups attached to an aromatic ring is 1. The van der Waals surface area contributed by atoms with Gasteiger partial charge in [0.25, 0.3) is 0 Å². The fourth-order valence-corrected chi connectivity index (χ4v) is 2.49. The minimum absolute atomic E-state index is 0.416. The van der Waals surface area contributed by atoms with Crippen molar-refractivity contribution in [3.8, 4) is 0 Å². The highest BCUT2D eigenvalue weighted by Gasteiger charge is 2.32. The SMILES string of the molecule is Nc1ccc(Cl)c(CN2CCN(CC(F)(F)F)CC2)c1. The van der Waals surface area contributed by atoms with E-state index in [2.05, 4.69) is 4.90 Å². The average Bonchev–Trinajstić information content (AvgIpc) is 2.34. The fraction of sp³-hybridized carbons (Fsp3) is 0.538. The van der Waals surface area contributed by atoms with Crippen LogP contribution in [0, 0.1) is 0 Å². The van der Waals surface area contributed by atoms with Gasteiger partial charge in [0.2, 0.25) is 0 Å². The first-order chi connectivity index (χ1) is 9.33. The number of anilines is 1. The maximum Gasteiger partial charge on any atom is 0.401 e. The number of hydrogen-bond acceptors (Lipinski definition) is 3. The first-order valence-electron chi connectivity index (χ1n) is 6.39. The van der Waals surface area contributed by atoms with Crippen molar-refractivity contribution in [1.29, 1.82) is 0 Å². The number of hydrogen-bond donors (Lipinski definition) is 1. The summed E-state index contributed by atoms with van der Waals surface area (Å²) in [6.07, 6.45) is -4.13. The Balaban J connectivity index is 1.87. The van der Waals surface area contributed by atoms with Gasteiger partial charge in [-0.3, -0.25) is 9.80 Å². The first-order valence-corrected chi connectivity index (χ1v) is 6.77. The lowest BCUT2D eigenvalue weighted by Gasteiger charge is -2.35. The predicted octanol–water partition coefficient (Wildman–Crippen LogP) is 2.60. The molecule has 2 N–H and O–H groups in total. The van der Waals surface area contributed by atoms with Crippen LogP contribution in [0.15, 0.2) is 18.2 Å². The van der Waals surface area contributed by atoms with E-state index in [4.69, 9.17) is 17.3 Å². The number of nitrogens with zero attached hydrogens (tertiary/aromatic N) is 2. The van der Waals surface area contributed by atoms with E-state index in [0.29, 0.717) is 43.4 Å². The summed E-state index contributed by atoms with van der Waals surface area (Å²) in [5.74, 6) is 0. The molecule has 1 heterocycles. The standard InChI is InChI=1S/C13H17ClF3N3/c14-12-2-1-11(18)7-10(12)8-19-3-5-20(6-4-19)9-13(15,16)17/h1-2,7H,3-6,8-9,18H2. The third-order valence-corrected chi connectivity index (χ3v) is 3.70. The van der Waals surface area contributed by atoms with Gasteiger partial charge in [-0.05, 0) is 23.8 Å². The van der Waals surface area contributed by atoms with E-state index in [-0.39, 0.29) is 0 Å². The van der Waals surface area contributed by atoms with E-state index in [1.54, 1.807) is 12.1 Å². The summed E-state index contributed by atoms with van der Waals surface area (Å²) < 4.78 is 36.9. The highest BCUT2D eigenvalue weighted by molar-refractivity contribution is 6.31. The fourth-order valence-electron chi connectivity index (χ4n) is 2.32. The molecule has 1 aliphatic heterocycles. The van der Waals surface area contributed by atoms with Gasteiger partial charge < -0.3 is 5.73 Å². The molecule has 2 rings (SSSR count). The van der Waals surface area contributed by atoms with Gasteiger partial charge in [0.1, 0.15) is 0 Å². The normalized spacial score (nSPS) is 18.4. The van der Waals surface area contributed by atoms with Crippen molar-refractivity contribution >= 4 is 17.3 Å². The van der Waals surface area contributed by atoms with Gasteiger partial charge in [0, 0.05) is 43.4 Å². The zero-order valence-corrected chi connectivity index (χ0v) is 11.7. The quantitative estimate of drug-likeness (QED) is 0.871. The average molecular weight is 308 g/mol. The van der Waals surface area contributed by atoms with Gasteiger partial charge in [-0.25, -0.2) is 0 Å². The molecule has 0 atom stereocenters. The molecule has 0 unspecified atom stereocenters. The van der Waals surface area contributed by atoms with Crippen LogP contribution in [-0.4, -0.2) is 48.7 Å². The lowest BCUT2D eigenvalue weighted by atomic mass is 10.1. The molecule has 1 aromatic rings. The summed E-state index contributed by atoms with van der Waals surface area (Å²) in [4.78, 5) is 3.52. The highest BCUT2D eigenvalue weighted by atomic mass is 35.5. The number of nitrogens with two attached hydrogens (primary N) is 1. The van der Waals surface area contributed by atoms with Crippen molar-refractivity contribution in [3.63, 3.8) is 0 Å². The molecule has 0 saturated carbocycles. The van der Waals surface area contributed by atoms with E-state index in [1.807, 2.05) is 6.07 Å². The smallest absolute Gasteiger partial charge is 0.399 e. The van der Waals surface area contributed by atoms with Gasteiger partial charge in [-0.1, -0.05) is 11.6 Å². The minimum Gasteiger partial charge on any atom is -0.399 e. The third kappa shape index (κ3) is 4.54. The van der Waals surface area contributed by atoms with Crippen molar-refractivity contribution < 1.29 is 13.2 Å². The molecule has 3 nitrogen and oxygen atoms in total. The number of alkyl halides is 3.